The second kappa shape index (κ2) is 12.5. The first kappa shape index (κ1) is 27.6. The molecule has 8 heteroatoms. The smallest absolute Gasteiger partial charge is 0.228 e. The van der Waals surface area contributed by atoms with Gasteiger partial charge in [0.2, 0.25) is 5.91 Å². The summed E-state index contributed by atoms with van der Waals surface area (Å²) in [5, 5.41) is 4.48. The Bertz CT molecular complexity index is 1290. The van der Waals surface area contributed by atoms with Crippen LogP contribution in [-0.2, 0) is 17.9 Å². The summed E-state index contributed by atoms with van der Waals surface area (Å²) in [4.78, 5) is 16.0. The van der Waals surface area contributed by atoms with Gasteiger partial charge in [0.15, 0.2) is 0 Å². The number of ether oxygens (including phenoxy) is 3. The number of nitrogens with zero attached hydrogens (tertiary/aromatic N) is 1. The van der Waals surface area contributed by atoms with Gasteiger partial charge < -0.3 is 24.4 Å². The number of piperidine rings is 1. The van der Waals surface area contributed by atoms with Gasteiger partial charge in [-0.2, -0.15) is 0 Å². The molecule has 3 aromatic rings. The van der Waals surface area contributed by atoms with Gasteiger partial charge in [-0.05, 0) is 78.7 Å². The van der Waals surface area contributed by atoms with Crippen LogP contribution in [0.1, 0.15) is 41.9 Å². The van der Waals surface area contributed by atoms with Crippen molar-refractivity contribution in [2.24, 2.45) is 5.92 Å². The van der Waals surface area contributed by atoms with Crippen LogP contribution in [0.4, 0.5) is 0 Å². The molecule has 2 aliphatic rings. The van der Waals surface area contributed by atoms with Gasteiger partial charge >= 0.3 is 0 Å². The van der Waals surface area contributed by atoms with Crippen molar-refractivity contribution in [3.8, 4) is 17.2 Å². The summed E-state index contributed by atoms with van der Waals surface area (Å²) in [6.45, 7) is 2.36. The zero-order valence-electron chi connectivity index (χ0n) is 22.3. The molecule has 0 spiro atoms. The third-order valence-electron chi connectivity index (χ3n) is 7.55. The first-order valence-corrected chi connectivity index (χ1v) is 14.1. The average Bonchev–Trinajstić information content (AvgIpc) is 3.82. The standard InChI is InChI=1S/C31H34Cl2N2O4/c1-37-25-13-20(14-26(16-25)38-2)19-39-24-7-3-5-21(15-24)27-11-12-34-17-28(27)31(36)35(23-9-10-23)18-22-6-4-8-29(32)30(22)33/h3-8,13-16,23,27-28,34H,9-12,17-19H2,1-2H3/t27-,28?/m1/s1. The Balaban J connectivity index is 1.33. The van der Waals surface area contributed by atoms with Crippen LogP contribution < -0.4 is 19.5 Å². The number of carbonyl (C=O) groups is 1. The number of hydrogen-bond donors (Lipinski definition) is 1. The number of rotatable bonds is 10. The zero-order valence-corrected chi connectivity index (χ0v) is 23.8. The van der Waals surface area contributed by atoms with Gasteiger partial charge in [0.1, 0.15) is 23.9 Å². The van der Waals surface area contributed by atoms with E-state index in [2.05, 4.69) is 17.4 Å². The van der Waals surface area contributed by atoms with Gasteiger partial charge in [-0.1, -0.05) is 47.5 Å². The maximum atomic E-state index is 14.0. The molecule has 1 saturated heterocycles. The number of hydrogen-bond acceptors (Lipinski definition) is 5. The molecule has 1 unspecified atom stereocenters. The first-order valence-electron chi connectivity index (χ1n) is 13.4. The van der Waals surface area contributed by atoms with E-state index >= 15 is 0 Å². The van der Waals surface area contributed by atoms with E-state index in [0.29, 0.717) is 29.7 Å². The summed E-state index contributed by atoms with van der Waals surface area (Å²) in [5.74, 6) is 2.30. The molecule has 2 atom stereocenters. The lowest BCUT2D eigenvalue weighted by atomic mass is 9.80. The summed E-state index contributed by atoms with van der Waals surface area (Å²) in [6.07, 6.45) is 2.92. The fourth-order valence-corrected chi connectivity index (χ4v) is 5.69. The maximum absolute atomic E-state index is 14.0. The number of nitrogens with one attached hydrogen (secondary N) is 1. The summed E-state index contributed by atoms with van der Waals surface area (Å²) >= 11 is 12.8. The monoisotopic (exact) mass is 568 g/mol. The Kier molecular flexibility index (Phi) is 8.85. The third kappa shape index (κ3) is 6.63. The highest BCUT2D eigenvalue weighted by atomic mass is 35.5. The predicted molar refractivity (Wildman–Crippen MR) is 154 cm³/mol. The van der Waals surface area contributed by atoms with Crippen LogP contribution in [0.5, 0.6) is 17.2 Å². The van der Waals surface area contributed by atoms with E-state index in [0.717, 1.165) is 59.7 Å². The molecule has 0 radical (unpaired) electrons. The van der Waals surface area contributed by atoms with Crippen molar-refractivity contribution >= 4 is 29.1 Å². The van der Waals surface area contributed by atoms with Crippen LogP contribution in [-0.4, -0.2) is 44.2 Å². The molecular formula is C31H34Cl2N2O4. The van der Waals surface area contributed by atoms with Crippen LogP contribution >= 0.6 is 23.2 Å². The fraction of sp³-hybridized carbons (Fsp3) is 0.387. The zero-order chi connectivity index (χ0) is 27.4. The molecule has 1 saturated carbocycles. The molecule has 206 valence electrons. The number of benzene rings is 3. The lowest BCUT2D eigenvalue weighted by molar-refractivity contribution is -0.138. The molecule has 6 nitrogen and oxygen atoms in total. The van der Waals surface area contributed by atoms with E-state index in [1.165, 1.54) is 0 Å². The van der Waals surface area contributed by atoms with Gasteiger partial charge in [-0.25, -0.2) is 0 Å². The number of halogens is 2. The van der Waals surface area contributed by atoms with Crippen LogP contribution in [0.3, 0.4) is 0 Å². The van der Waals surface area contributed by atoms with Crippen LogP contribution in [0.2, 0.25) is 10.0 Å². The molecule has 1 N–H and O–H groups in total. The molecule has 5 rings (SSSR count). The largest absolute Gasteiger partial charge is 0.497 e. The molecule has 2 fully saturated rings. The number of methoxy groups -OCH3 is 2. The molecule has 1 heterocycles. The van der Waals surface area contributed by atoms with E-state index in [9.17, 15) is 4.79 Å². The summed E-state index contributed by atoms with van der Waals surface area (Å²) < 4.78 is 16.9. The van der Waals surface area contributed by atoms with Gasteiger partial charge in [0.05, 0.1) is 30.2 Å². The molecule has 1 aliphatic carbocycles. The Labute approximate surface area is 240 Å². The SMILES string of the molecule is COc1cc(COc2cccc([C@H]3CCNCC3C(=O)N(Cc3cccc(Cl)c3Cl)C3CC3)c2)cc(OC)c1. The van der Waals surface area contributed by atoms with Gasteiger partial charge in [0, 0.05) is 25.2 Å². The maximum Gasteiger partial charge on any atom is 0.228 e. The minimum absolute atomic E-state index is 0.0929. The average molecular weight is 570 g/mol. The van der Waals surface area contributed by atoms with E-state index in [1.54, 1.807) is 20.3 Å². The molecule has 1 amide bonds. The topological polar surface area (TPSA) is 60.0 Å². The van der Waals surface area contributed by atoms with Crippen LogP contribution in [0.25, 0.3) is 0 Å². The highest BCUT2D eigenvalue weighted by Crippen LogP contribution is 2.38. The number of amides is 1. The van der Waals surface area contributed by atoms with Crippen molar-refractivity contribution in [3.63, 3.8) is 0 Å². The minimum atomic E-state index is -0.171. The lowest BCUT2D eigenvalue weighted by Gasteiger charge is -2.36. The minimum Gasteiger partial charge on any atom is -0.497 e. The first-order chi connectivity index (χ1) is 19.0. The van der Waals surface area contributed by atoms with Crippen LogP contribution in [0.15, 0.2) is 60.7 Å². The number of carbonyl (C=O) groups excluding carboxylic acids is 1. The van der Waals surface area contributed by atoms with Crippen molar-refractivity contribution < 1.29 is 19.0 Å². The summed E-state index contributed by atoms with van der Waals surface area (Å²) in [5.41, 5.74) is 2.95. The van der Waals surface area contributed by atoms with Gasteiger partial charge in [0.25, 0.3) is 0 Å². The highest BCUT2D eigenvalue weighted by Gasteiger charge is 2.40. The van der Waals surface area contributed by atoms with E-state index < -0.39 is 0 Å². The molecule has 39 heavy (non-hydrogen) atoms. The van der Waals surface area contributed by atoms with Crippen molar-refractivity contribution in [2.75, 3.05) is 27.3 Å². The van der Waals surface area contributed by atoms with E-state index in [1.807, 2.05) is 47.4 Å². The Hall–Kier alpha value is -2.93. The molecule has 1 aliphatic heterocycles. The molecule has 0 aromatic heterocycles. The van der Waals surface area contributed by atoms with Crippen LogP contribution in [0, 0.1) is 5.92 Å². The normalized spacial score (nSPS) is 18.9. The fourth-order valence-electron chi connectivity index (χ4n) is 5.31. The quantitative estimate of drug-likeness (QED) is 0.303. The van der Waals surface area contributed by atoms with E-state index in [4.69, 9.17) is 37.4 Å². The molecule has 0 bridgehead atoms. The lowest BCUT2D eigenvalue weighted by Crippen LogP contribution is -2.47. The van der Waals surface area contributed by atoms with Crippen molar-refractivity contribution in [2.45, 2.75) is 44.4 Å². The molecular weight excluding hydrogens is 535 g/mol. The predicted octanol–water partition coefficient (Wildman–Crippen LogP) is 6.47. The second-order valence-corrected chi connectivity index (χ2v) is 11.0. The third-order valence-corrected chi connectivity index (χ3v) is 8.40. The van der Waals surface area contributed by atoms with Crippen molar-refractivity contribution in [1.82, 2.24) is 10.2 Å². The Morgan fingerprint density at radius 3 is 2.41 bits per heavy atom. The highest BCUT2D eigenvalue weighted by molar-refractivity contribution is 6.42. The molecule has 3 aromatic carbocycles. The van der Waals surface area contributed by atoms with Crippen molar-refractivity contribution in [1.29, 1.82) is 0 Å². The summed E-state index contributed by atoms with van der Waals surface area (Å²) in [7, 11) is 3.27. The Morgan fingerprint density at radius 1 is 0.949 bits per heavy atom. The van der Waals surface area contributed by atoms with Crippen molar-refractivity contribution in [3.05, 3.63) is 87.4 Å². The van der Waals surface area contributed by atoms with Gasteiger partial charge in [-0.3, -0.25) is 4.79 Å². The second-order valence-electron chi connectivity index (χ2n) is 10.2. The van der Waals surface area contributed by atoms with E-state index in [-0.39, 0.29) is 23.8 Å². The Morgan fingerprint density at radius 2 is 1.69 bits per heavy atom. The van der Waals surface area contributed by atoms with Gasteiger partial charge in [-0.15, -0.1) is 0 Å². The summed E-state index contributed by atoms with van der Waals surface area (Å²) in [6, 6.07) is 19.7.